The number of aryl methyl sites for hydroxylation is 1. The van der Waals surface area contributed by atoms with E-state index in [9.17, 15) is 5.11 Å². The predicted molar refractivity (Wildman–Crippen MR) is 63.4 cm³/mol. The van der Waals surface area contributed by atoms with Gasteiger partial charge in [-0.2, -0.15) is 4.98 Å². The first-order chi connectivity index (χ1) is 8.33. The first kappa shape index (κ1) is 12.5. The molecule has 0 bridgehead atoms. The summed E-state index contributed by atoms with van der Waals surface area (Å²) in [5.74, 6) is 1.47. The molecule has 1 aliphatic heterocycles. The van der Waals surface area contributed by atoms with E-state index >= 15 is 0 Å². The lowest BCUT2D eigenvalue weighted by Gasteiger charge is -2.33. The van der Waals surface area contributed by atoms with Crippen LogP contribution in [0.3, 0.4) is 0 Å². The van der Waals surface area contributed by atoms with Crippen molar-refractivity contribution in [3.63, 3.8) is 0 Å². The quantitative estimate of drug-likeness (QED) is 0.840. The van der Waals surface area contributed by atoms with E-state index in [4.69, 9.17) is 4.52 Å². The van der Waals surface area contributed by atoms with E-state index in [-0.39, 0.29) is 12.6 Å². The molecule has 1 saturated heterocycles. The number of hydrogen-bond acceptors (Lipinski definition) is 5. The minimum atomic E-state index is 0.222. The van der Waals surface area contributed by atoms with E-state index < -0.39 is 0 Å². The van der Waals surface area contributed by atoms with Gasteiger partial charge in [0.1, 0.15) is 0 Å². The van der Waals surface area contributed by atoms with E-state index in [1.165, 1.54) is 12.8 Å². The average molecular weight is 239 g/mol. The Balaban J connectivity index is 1.93. The fourth-order valence-electron chi connectivity index (χ4n) is 2.33. The van der Waals surface area contributed by atoms with E-state index in [0.717, 1.165) is 37.5 Å². The molecule has 96 valence electrons. The SMILES string of the molecule is CCCc1nc(CN2CCCCC2CO)no1. The summed E-state index contributed by atoms with van der Waals surface area (Å²) in [6.45, 7) is 4.03. The Kier molecular flexibility index (Phi) is 4.50. The molecule has 0 amide bonds. The fourth-order valence-corrected chi connectivity index (χ4v) is 2.33. The van der Waals surface area contributed by atoms with Crippen molar-refractivity contribution in [1.82, 2.24) is 15.0 Å². The summed E-state index contributed by atoms with van der Waals surface area (Å²) in [5, 5.41) is 13.3. The Labute approximate surface area is 102 Å². The van der Waals surface area contributed by atoms with Gasteiger partial charge in [0.05, 0.1) is 13.2 Å². The molecule has 0 saturated carbocycles. The largest absolute Gasteiger partial charge is 0.395 e. The Morgan fingerprint density at radius 2 is 2.35 bits per heavy atom. The molecule has 17 heavy (non-hydrogen) atoms. The monoisotopic (exact) mass is 239 g/mol. The van der Waals surface area contributed by atoms with Gasteiger partial charge in [-0.3, -0.25) is 4.90 Å². The van der Waals surface area contributed by atoms with Crippen LogP contribution in [0.4, 0.5) is 0 Å². The van der Waals surface area contributed by atoms with Gasteiger partial charge in [0, 0.05) is 12.5 Å². The zero-order chi connectivity index (χ0) is 12.1. The van der Waals surface area contributed by atoms with Gasteiger partial charge < -0.3 is 9.63 Å². The molecule has 1 aliphatic rings. The Bertz CT molecular complexity index is 340. The lowest BCUT2D eigenvalue weighted by Crippen LogP contribution is -2.41. The van der Waals surface area contributed by atoms with Crippen LogP contribution in [-0.4, -0.2) is 39.3 Å². The van der Waals surface area contributed by atoms with Gasteiger partial charge >= 0.3 is 0 Å². The van der Waals surface area contributed by atoms with Gasteiger partial charge in [0.15, 0.2) is 5.82 Å². The predicted octanol–water partition coefficient (Wildman–Crippen LogP) is 1.37. The highest BCUT2D eigenvalue weighted by Crippen LogP contribution is 2.18. The molecular formula is C12H21N3O2. The standard InChI is InChI=1S/C12H21N3O2/c1-2-5-12-13-11(14-17-12)8-15-7-4-3-6-10(15)9-16/h10,16H,2-9H2,1H3. The maximum atomic E-state index is 9.32. The van der Waals surface area contributed by atoms with Gasteiger partial charge in [0.25, 0.3) is 0 Å². The molecule has 2 heterocycles. The van der Waals surface area contributed by atoms with Crippen LogP contribution in [0.15, 0.2) is 4.52 Å². The van der Waals surface area contributed by atoms with Crippen molar-refractivity contribution in [2.24, 2.45) is 0 Å². The third kappa shape index (κ3) is 3.26. The highest BCUT2D eigenvalue weighted by Gasteiger charge is 2.23. The summed E-state index contributed by atoms with van der Waals surface area (Å²) in [7, 11) is 0. The van der Waals surface area contributed by atoms with Crippen molar-refractivity contribution in [1.29, 1.82) is 0 Å². The number of nitrogens with zero attached hydrogens (tertiary/aromatic N) is 3. The zero-order valence-corrected chi connectivity index (χ0v) is 10.4. The third-order valence-electron chi connectivity index (χ3n) is 3.28. The summed E-state index contributed by atoms with van der Waals surface area (Å²) in [6, 6.07) is 0.261. The van der Waals surface area contributed by atoms with Crippen LogP contribution < -0.4 is 0 Å². The Morgan fingerprint density at radius 3 is 3.12 bits per heavy atom. The first-order valence-corrected chi connectivity index (χ1v) is 6.50. The second-order valence-electron chi connectivity index (χ2n) is 4.66. The normalized spacial score (nSPS) is 21.9. The van der Waals surface area contributed by atoms with Crippen molar-refractivity contribution in [3.05, 3.63) is 11.7 Å². The van der Waals surface area contributed by atoms with Crippen molar-refractivity contribution in [2.75, 3.05) is 13.2 Å². The smallest absolute Gasteiger partial charge is 0.226 e. The molecule has 1 fully saturated rings. The minimum absolute atomic E-state index is 0.222. The van der Waals surface area contributed by atoms with Crippen LogP contribution in [0.5, 0.6) is 0 Å². The van der Waals surface area contributed by atoms with Gasteiger partial charge in [-0.25, -0.2) is 0 Å². The summed E-state index contributed by atoms with van der Waals surface area (Å²) in [4.78, 5) is 6.62. The molecule has 0 aliphatic carbocycles. The molecule has 2 rings (SSSR count). The van der Waals surface area contributed by atoms with E-state index in [0.29, 0.717) is 6.54 Å². The lowest BCUT2D eigenvalue weighted by atomic mass is 10.0. The molecule has 0 radical (unpaired) electrons. The maximum Gasteiger partial charge on any atom is 0.226 e. The van der Waals surface area contributed by atoms with Crippen molar-refractivity contribution < 1.29 is 9.63 Å². The second-order valence-corrected chi connectivity index (χ2v) is 4.66. The molecule has 1 aromatic rings. The van der Waals surface area contributed by atoms with Gasteiger partial charge in [-0.05, 0) is 25.8 Å². The van der Waals surface area contributed by atoms with Gasteiger partial charge in [-0.15, -0.1) is 0 Å². The molecule has 0 aromatic carbocycles. The highest BCUT2D eigenvalue weighted by molar-refractivity contribution is 4.88. The Hall–Kier alpha value is -0.940. The molecule has 1 atom stereocenters. The van der Waals surface area contributed by atoms with E-state index in [1.54, 1.807) is 0 Å². The fraction of sp³-hybridized carbons (Fsp3) is 0.833. The van der Waals surface area contributed by atoms with Crippen LogP contribution in [0.1, 0.15) is 44.3 Å². The summed E-state index contributed by atoms with van der Waals surface area (Å²) < 4.78 is 5.17. The molecule has 1 aromatic heterocycles. The molecule has 1 unspecified atom stereocenters. The zero-order valence-electron chi connectivity index (χ0n) is 10.4. The lowest BCUT2D eigenvalue weighted by molar-refractivity contribution is 0.0812. The number of aliphatic hydroxyl groups is 1. The number of piperidine rings is 1. The average Bonchev–Trinajstić information content (AvgIpc) is 2.78. The Morgan fingerprint density at radius 1 is 1.47 bits per heavy atom. The molecule has 0 spiro atoms. The molecule has 1 N–H and O–H groups in total. The molecule has 5 nitrogen and oxygen atoms in total. The van der Waals surface area contributed by atoms with Crippen molar-refractivity contribution in [2.45, 2.75) is 51.6 Å². The topological polar surface area (TPSA) is 62.4 Å². The van der Waals surface area contributed by atoms with Crippen LogP contribution in [-0.2, 0) is 13.0 Å². The van der Waals surface area contributed by atoms with Crippen LogP contribution >= 0.6 is 0 Å². The van der Waals surface area contributed by atoms with Crippen molar-refractivity contribution in [3.8, 4) is 0 Å². The van der Waals surface area contributed by atoms with Crippen LogP contribution in [0.2, 0.25) is 0 Å². The summed E-state index contributed by atoms with van der Waals surface area (Å²) >= 11 is 0. The van der Waals surface area contributed by atoms with Crippen LogP contribution in [0.25, 0.3) is 0 Å². The van der Waals surface area contributed by atoms with E-state index in [1.807, 2.05) is 0 Å². The molecule has 5 heteroatoms. The third-order valence-corrected chi connectivity index (χ3v) is 3.28. The minimum Gasteiger partial charge on any atom is -0.395 e. The van der Waals surface area contributed by atoms with E-state index in [2.05, 4.69) is 22.0 Å². The number of aliphatic hydroxyl groups excluding tert-OH is 1. The molecular weight excluding hydrogens is 218 g/mol. The number of likely N-dealkylation sites (tertiary alicyclic amines) is 1. The number of aromatic nitrogens is 2. The number of rotatable bonds is 5. The second kappa shape index (κ2) is 6.12. The first-order valence-electron chi connectivity index (χ1n) is 6.50. The number of hydrogen-bond donors (Lipinski definition) is 1. The summed E-state index contributed by atoms with van der Waals surface area (Å²) in [5.41, 5.74) is 0. The van der Waals surface area contributed by atoms with Gasteiger partial charge in [0.2, 0.25) is 5.89 Å². The highest BCUT2D eigenvalue weighted by atomic mass is 16.5. The van der Waals surface area contributed by atoms with Gasteiger partial charge in [-0.1, -0.05) is 18.5 Å². The van der Waals surface area contributed by atoms with Crippen LogP contribution in [0, 0.1) is 0 Å². The summed E-state index contributed by atoms with van der Waals surface area (Å²) in [6.07, 6.45) is 5.32. The maximum absolute atomic E-state index is 9.32. The van der Waals surface area contributed by atoms with Crippen molar-refractivity contribution >= 4 is 0 Å².